The van der Waals surface area contributed by atoms with Gasteiger partial charge in [0, 0.05) is 11.5 Å². The van der Waals surface area contributed by atoms with E-state index in [9.17, 15) is 0 Å². The van der Waals surface area contributed by atoms with Crippen molar-refractivity contribution in [3.8, 4) is 0 Å². The lowest BCUT2D eigenvalue weighted by molar-refractivity contribution is 0.277. The highest BCUT2D eigenvalue weighted by molar-refractivity contribution is 7.10. The van der Waals surface area contributed by atoms with E-state index < -0.39 is 0 Å². The zero-order chi connectivity index (χ0) is 5.98. The first-order valence-electron chi connectivity index (χ1n) is 1.92. The Morgan fingerprint density at radius 1 is 1.75 bits per heavy atom. The molecule has 0 unspecified atom stereocenters. The van der Waals surface area contributed by atoms with Crippen LogP contribution < -0.4 is 0 Å². The fourth-order valence-electron chi connectivity index (χ4n) is 0.291. The second-order valence-electron chi connectivity index (χ2n) is 1.15. The number of rotatable bonds is 1. The Kier molecular flexibility index (Phi) is 1.77. The number of aliphatic hydroxyl groups excluding tert-OH is 1. The van der Waals surface area contributed by atoms with Gasteiger partial charge in [-0.3, -0.25) is 0 Å². The molecule has 0 aromatic carbocycles. The van der Waals surface area contributed by atoms with E-state index in [1.165, 1.54) is 0 Å². The lowest BCUT2D eigenvalue weighted by Gasteiger charge is -1.80. The minimum Gasteiger partial charge on any atom is -0.390 e. The zero-order valence-electron chi connectivity index (χ0n) is 3.83. The van der Waals surface area contributed by atoms with Crippen LogP contribution in [-0.4, -0.2) is 14.7 Å². The molecule has 0 aliphatic rings. The van der Waals surface area contributed by atoms with Gasteiger partial charge in [-0.2, -0.15) is 0 Å². The first-order chi connectivity index (χ1) is 3.84. The topological polar surface area (TPSA) is 46.0 Å². The minimum absolute atomic E-state index is 0.130. The number of hydrogen-bond acceptors (Lipinski definition) is 4. The number of nitrogens with zero attached hydrogens (tertiary/aromatic N) is 2. The van der Waals surface area contributed by atoms with Gasteiger partial charge in [0.25, 0.3) is 0 Å². The molecule has 1 heterocycles. The molecule has 0 bridgehead atoms. The predicted molar refractivity (Wildman–Crippen MR) is 30.8 cm³/mol. The quantitative estimate of drug-likeness (QED) is 0.641. The summed E-state index contributed by atoms with van der Waals surface area (Å²) in [5, 5.41) is 11.9. The van der Waals surface area contributed by atoms with Crippen molar-refractivity contribution >= 4 is 23.1 Å². The van der Waals surface area contributed by atoms with Crippen molar-refractivity contribution in [2.75, 3.05) is 0 Å². The molecule has 0 aliphatic heterocycles. The van der Waals surface area contributed by atoms with Gasteiger partial charge in [0.2, 0.25) is 0 Å². The Morgan fingerprint density at radius 3 is 2.75 bits per heavy atom. The molecule has 0 amide bonds. The number of aromatic nitrogens is 2. The van der Waals surface area contributed by atoms with Crippen LogP contribution in [-0.2, 0) is 6.61 Å². The fraction of sp³-hybridized carbons (Fsp3) is 0.333. The number of aliphatic hydroxyl groups is 1. The standard InChI is InChI=1S/C3H3ClN2OS/c4-3-2(1-7)5-6-8-3/h7H,1H2. The van der Waals surface area contributed by atoms with Crippen molar-refractivity contribution in [2.24, 2.45) is 0 Å². The molecule has 3 nitrogen and oxygen atoms in total. The van der Waals surface area contributed by atoms with Gasteiger partial charge in [0.15, 0.2) is 0 Å². The van der Waals surface area contributed by atoms with E-state index in [1.807, 2.05) is 0 Å². The number of halogens is 1. The molecule has 0 radical (unpaired) electrons. The molecule has 0 spiro atoms. The van der Waals surface area contributed by atoms with Crippen LogP contribution in [0.15, 0.2) is 0 Å². The third kappa shape index (κ3) is 0.964. The van der Waals surface area contributed by atoms with E-state index in [1.54, 1.807) is 0 Å². The van der Waals surface area contributed by atoms with E-state index in [2.05, 4.69) is 9.59 Å². The van der Waals surface area contributed by atoms with Crippen molar-refractivity contribution in [3.63, 3.8) is 0 Å². The van der Waals surface area contributed by atoms with Gasteiger partial charge in [0.05, 0.1) is 6.61 Å². The number of hydrogen-bond donors (Lipinski definition) is 1. The Balaban J connectivity index is 2.92. The van der Waals surface area contributed by atoms with Gasteiger partial charge in [-0.05, 0) is 0 Å². The van der Waals surface area contributed by atoms with Crippen LogP contribution in [0.3, 0.4) is 0 Å². The maximum absolute atomic E-state index is 8.43. The van der Waals surface area contributed by atoms with Crippen LogP contribution in [0.2, 0.25) is 4.34 Å². The van der Waals surface area contributed by atoms with E-state index in [0.29, 0.717) is 10.0 Å². The van der Waals surface area contributed by atoms with Crippen LogP contribution in [0, 0.1) is 0 Å². The van der Waals surface area contributed by atoms with Crippen molar-refractivity contribution in [2.45, 2.75) is 6.61 Å². The van der Waals surface area contributed by atoms with E-state index in [-0.39, 0.29) is 6.61 Å². The molecule has 0 saturated carbocycles. The first kappa shape index (κ1) is 5.94. The average molecular weight is 151 g/mol. The third-order valence-corrected chi connectivity index (χ3v) is 1.64. The normalized spacial score (nSPS) is 9.75. The molecule has 0 aliphatic carbocycles. The van der Waals surface area contributed by atoms with Gasteiger partial charge in [0.1, 0.15) is 10.0 Å². The summed E-state index contributed by atoms with van der Waals surface area (Å²) >= 11 is 6.55. The first-order valence-corrected chi connectivity index (χ1v) is 3.07. The highest BCUT2D eigenvalue weighted by Crippen LogP contribution is 2.16. The molecule has 1 N–H and O–H groups in total. The summed E-state index contributed by atoms with van der Waals surface area (Å²) < 4.78 is 3.96. The van der Waals surface area contributed by atoms with Crippen LogP contribution >= 0.6 is 23.1 Å². The monoisotopic (exact) mass is 150 g/mol. The Morgan fingerprint density at radius 2 is 2.50 bits per heavy atom. The summed E-state index contributed by atoms with van der Waals surface area (Å²) in [6, 6.07) is 0. The summed E-state index contributed by atoms with van der Waals surface area (Å²) in [5.41, 5.74) is 0.455. The van der Waals surface area contributed by atoms with Crippen molar-refractivity contribution in [3.05, 3.63) is 10.0 Å². The van der Waals surface area contributed by atoms with Crippen LogP contribution in [0.4, 0.5) is 0 Å². The van der Waals surface area contributed by atoms with Crippen molar-refractivity contribution in [1.29, 1.82) is 0 Å². The highest BCUT2D eigenvalue weighted by atomic mass is 35.5. The van der Waals surface area contributed by atoms with Gasteiger partial charge in [-0.25, -0.2) is 0 Å². The van der Waals surface area contributed by atoms with E-state index >= 15 is 0 Å². The van der Waals surface area contributed by atoms with Gasteiger partial charge >= 0.3 is 0 Å². The Hall–Kier alpha value is -0.190. The smallest absolute Gasteiger partial charge is 0.139 e. The van der Waals surface area contributed by atoms with Crippen LogP contribution in [0.1, 0.15) is 5.69 Å². The molecule has 44 valence electrons. The summed E-state index contributed by atoms with van der Waals surface area (Å²) in [6.45, 7) is -0.130. The summed E-state index contributed by atoms with van der Waals surface area (Å²) in [6.07, 6.45) is 0. The maximum Gasteiger partial charge on any atom is 0.139 e. The van der Waals surface area contributed by atoms with E-state index in [4.69, 9.17) is 16.7 Å². The average Bonchev–Trinajstić information content (AvgIpc) is 2.14. The Labute approximate surface area is 55.1 Å². The molecular formula is C3H3ClN2OS. The summed E-state index contributed by atoms with van der Waals surface area (Å²) in [4.78, 5) is 0. The summed E-state index contributed by atoms with van der Waals surface area (Å²) in [7, 11) is 0. The molecule has 1 rings (SSSR count). The molecule has 1 aromatic rings. The molecule has 5 heteroatoms. The largest absolute Gasteiger partial charge is 0.390 e. The summed E-state index contributed by atoms with van der Waals surface area (Å²) in [5.74, 6) is 0. The molecule has 0 fully saturated rings. The molecule has 1 aromatic heterocycles. The zero-order valence-corrected chi connectivity index (χ0v) is 5.41. The van der Waals surface area contributed by atoms with Gasteiger partial charge < -0.3 is 5.11 Å². The van der Waals surface area contributed by atoms with E-state index in [0.717, 1.165) is 11.5 Å². The Bertz CT molecular complexity index is 178. The third-order valence-electron chi connectivity index (χ3n) is 0.659. The molecule has 0 saturated heterocycles. The van der Waals surface area contributed by atoms with Gasteiger partial charge in [-0.1, -0.05) is 16.1 Å². The van der Waals surface area contributed by atoms with Gasteiger partial charge in [-0.15, -0.1) is 5.10 Å². The lowest BCUT2D eigenvalue weighted by atomic mass is 10.5. The second-order valence-corrected chi connectivity index (χ2v) is 2.51. The molecular weight excluding hydrogens is 148 g/mol. The minimum atomic E-state index is -0.130. The highest BCUT2D eigenvalue weighted by Gasteiger charge is 2.00. The molecule has 8 heavy (non-hydrogen) atoms. The molecule has 0 atom stereocenters. The predicted octanol–water partition coefficient (Wildman–Crippen LogP) is 0.684. The fourth-order valence-corrected chi connectivity index (χ4v) is 0.903. The lowest BCUT2D eigenvalue weighted by Crippen LogP contribution is -1.81. The second kappa shape index (κ2) is 2.39. The van der Waals surface area contributed by atoms with Crippen LogP contribution in [0.5, 0.6) is 0 Å². The van der Waals surface area contributed by atoms with Crippen molar-refractivity contribution < 1.29 is 5.11 Å². The van der Waals surface area contributed by atoms with Crippen molar-refractivity contribution in [1.82, 2.24) is 9.59 Å². The maximum atomic E-state index is 8.43. The SMILES string of the molecule is OCc1nnsc1Cl. The van der Waals surface area contributed by atoms with Crippen LogP contribution in [0.25, 0.3) is 0 Å².